The van der Waals surface area contributed by atoms with Gasteiger partial charge in [-0.1, -0.05) is 30.3 Å². The van der Waals surface area contributed by atoms with E-state index in [2.05, 4.69) is 0 Å². The number of hydrogen-bond donors (Lipinski definition) is 1. The van der Waals surface area contributed by atoms with Crippen LogP contribution in [0.4, 0.5) is 13.2 Å². The molecule has 0 aromatic heterocycles. The molecule has 1 aromatic rings. The third-order valence-electron chi connectivity index (χ3n) is 3.59. The second-order valence-corrected chi connectivity index (χ2v) is 4.71. The molecule has 0 saturated heterocycles. The summed E-state index contributed by atoms with van der Waals surface area (Å²) in [6, 6.07) is 8.96. The fourth-order valence-electron chi connectivity index (χ4n) is 2.46. The molecule has 0 aliphatic heterocycles. The summed E-state index contributed by atoms with van der Waals surface area (Å²) in [6.07, 6.45) is -3.75. The fourth-order valence-corrected chi connectivity index (χ4v) is 2.46. The van der Waals surface area contributed by atoms with Gasteiger partial charge in [0.05, 0.1) is 11.5 Å². The Bertz CT molecular complexity index is 364. The molecule has 0 bridgehead atoms. The van der Waals surface area contributed by atoms with Crippen LogP contribution in [0.3, 0.4) is 0 Å². The van der Waals surface area contributed by atoms with Crippen LogP contribution in [0.5, 0.6) is 0 Å². The molecule has 1 aliphatic rings. The molecule has 1 aliphatic carbocycles. The minimum atomic E-state index is -4.13. The average molecular weight is 244 g/mol. The van der Waals surface area contributed by atoms with Crippen molar-refractivity contribution in [3.63, 3.8) is 0 Å². The lowest BCUT2D eigenvalue weighted by Gasteiger charge is -2.37. The largest absolute Gasteiger partial charge is 0.391 e. The van der Waals surface area contributed by atoms with E-state index in [1.165, 1.54) is 0 Å². The van der Waals surface area contributed by atoms with Crippen LogP contribution in [0.25, 0.3) is 0 Å². The summed E-state index contributed by atoms with van der Waals surface area (Å²) in [5, 5.41) is 10.4. The van der Waals surface area contributed by atoms with Gasteiger partial charge in [-0.25, -0.2) is 0 Å². The van der Waals surface area contributed by atoms with E-state index in [0.29, 0.717) is 0 Å². The maximum atomic E-state index is 12.5. The van der Waals surface area contributed by atoms with Gasteiger partial charge in [-0.3, -0.25) is 0 Å². The van der Waals surface area contributed by atoms with Crippen molar-refractivity contribution in [1.29, 1.82) is 0 Å². The first-order valence-corrected chi connectivity index (χ1v) is 5.76. The van der Waals surface area contributed by atoms with Gasteiger partial charge >= 0.3 is 6.18 Å². The monoisotopic (exact) mass is 244 g/mol. The number of hydrogen-bond acceptors (Lipinski definition) is 1. The molecule has 0 unspecified atom stereocenters. The van der Waals surface area contributed by atoms with E-state index >= 15 is 0 Å². The van der Waals surface area contributed by atoms with Crippen molar-refractivity contribution in [1.82, 2.24) is 0 Å². The summed E-state index contributed by atoms with van der Waals surface area (Å²) in [4.78, 5) is 0. The van der Waals surface area contributed by atoms with E-state index in [1.807, 2.05) is 6.07 Å². The van der Waals surface area contributed by atoms with E-state index in [9.17, 15) is 18.3 Å². The van der Waals surface area contributed by atoms with Crippen LogP contribution in [0.2, 0.25) is 0 Å². The number of rotatable bonds is 1. The molecule has 2 rings (SSSR count). The minimum Gasteiger partial charge on any atom is -0.385 e. The third kappa shape index (κ3) is 2.63. The third-order valence-corrected chi connectivity index (χ3v) is 3.59. The van der Waals surface area contributed by atoms with Crippen LogP contribution in [-0.2, 0) is 5.60 Å². The zero-order valence-electron chi connectivity index (χ0n) is 9.37. The first kappa shape index (κ1) is 12.4. The van der Waals surface area contributed by atoms with Crippen molar-refractivity contribution in [3.05, 3.63) is 35.9 Å². The maximum absolute atomic E-state index is 12.5. The normalized spacial score (nSPS) is 30.2. The number of benzene rings is 1. The molecular weight excluding hydrogens is 229 g/mol. The molecule has 1 aromatic carbocycles. The van der Waals surface area contributed by atoms with Crippen molar-refractivity contribution < 1.29 is 18.3 Å². The van der Waals surface area contributed by atoms with Gasteiger partial charge in [0, 0.05) is 0 Å². The van der Waals surface area contributed by atoms with Crippen molar-refractivity contribution in [2.75, 3.05) is 0 Å². The number of aliphatic hydroxyl groups is 1. The van der Waals surface area contributed by atoms with Crippen LogP contribution in [0.15, 0.2) is 30.3 Å². The zero-order valence-corrected chi connectivity index (χ0v) is 9.37. The Morgan fingerprint density at radius 3 is 2.06 bits per heavy atom. The summed E-state index contributed by atoms with van der Waals surface area (Å²) < 4.78 is 37.5. The molecule has 0 atom stereocenters. The van der Waals surface area contributed by atoms with E-state index in [1.54, 1.807) is 24.3 Å². The summed E-state index contributed by atoms with van der Waals surface area (Å²) >= 11 is 0. The number of halogens is 3. The lowest BCUT2D eigenvalue weighted by molar-refractivity contribution is -0.193. The molecule has 1 saturated carbocycles. The molecule has 94 valence electrons. The SMILES string of the molecule is OC1(c2ccccc2)CCC(C(F)(F)F)CC1. The summed E-state index contributed by atoms with van der Waals surface area (Å²) in [7, 11) is 0. The van der Waals surface area contributed by atoms with E-state index < -0.39 is 17.7 Å². The first-order chi connectivity index (χ1) is 7.92. The highest BCUT2D eigenvalue weighted by atomic mass is 19.4. The molecule has 0 amide bonds. The van der Waals surface area contributed by atoms with Crippen LogP contribution in [0.1, 0.15) is 31.2 Å². The van der Waals surface area contributed by atoms with Gasteiger partial charge in [0.2, 0.25) is 0 Å². The topological polar surface area (TPSA) is 20.2 Å². The number of alkyl halides is 3. The molecule has 1 N–H and O–H groups in total. The van der Waals surface area contributed by atoms with Crippen molar-refractivity contribution in [2.45, 2.75) is 37.5 Å². The van der Waals surface area contributed by atoms with Gasteiger partial charge in [-0.2, -0.15) is 13.2 Å². The van der Waals surface area contributed by atoms with Gasteiger partial charge in [0.25, 0.3) is 0 Å². The Balaban J connectivity index is 2.08. The molecule has 4 heteroatoms. The quantitative estimate of drug-likeness (QED) is 0.799. The van der Waals surface area contributed by atoms with E-state index in [-0.39, 0.29) is 25.7 Å². The van der Waals surface area contributed by atoms with Crippen molar-refractivity contribution >= 4 is 0 Å². The highest BCUT2D eigenvalue weighted by molar-refractivity contribution is 5.22. The maximum Gasteiger partial charge on any atom is 0.391 e. The zero-order chi connectivity index (χ0) is 12.5. The van der Waals surface area contributed by atoms with Gasteiger partial charge in [-0.05, 0) is 31.2 Å². The smallest absolute Gasteiger partial charge is 0.385 e. The summed E-state index contributed by atoms with van der Waals surface area (Å²) in [6.45, 7) is 0. The Labute approximate surface area is 98.3 Å². The molecule has 1 nitrogen and oxygen atoms in total. The van der Waals surface area contributed by atoms with Gasteiger partial charge < -0.3 is 5.11 Å². The molecule has 0 spiro atoms. The second kappa shape index (κ2) is 4.33. The molecular formula is C13H15F3O. The Morgan fingerprint density at radius 1 is 1.06 bits per heavy atom. The molecule has 1 fully saturated rings. The van der Waals surface area contributed by atoms with Crippen LogP contribution in [0, 0.1) is 5.92 Å². The Hall–Kier alpha value is -1.03. The Kier molecular flexibility index (Phi) is 3.17. The predicted molar refractivity (Wildman–Crippen MR) is 58.4 cm³/mol. The first-order valence-electron chi connectivity index (χ1n) is 5.76. The van der Waals surface area contributed by atoms with Gasteiger partial charge in [-0.15, -0.1) is 0 Å². The average Bonchev–Trinajstić information content (AvgIpc) is 2.29. The standard InChI is InChI=1S/C13H15F3O/c14-13(15,16)11-6-8-12(17,9-7-11)10-4-2-1-3-5-10/h1-5,11,17H,6-9H2. The molecule has 0 heterocycles. The molecule has 0 radical (unpaired) electrons. The van der Waals surface area contributed by atoms with Crippen molar-refractivity contribution in [2.24, 2.45) is 5.92 Å². The lowest BCUT2D eigenvalue weighted by Crippen LogP contribution is -2.36. The van der Waals surface area contributed by atoms with Crippen LogP contribution >= 0.6 is 0 Å². The van der Waals surface area contributed by atoms with Gasteiger partial charge in [0.15, 0.2) is 0 Å². The van der Waals surface area contributed by atoms with E-state index in [4.69, 9.17) is 0 Å². The second-order valence-electron chi connectivity index (χ2n) is 4.71. The highest BCUT2D eigenvalue weighted by Crippen LogP contribution is 2.44. The van der Waals surface area contributed by atoms with E-state index in [0.717, 1.165) is 5.56 Å². The lowest BCUT2D eigenvalue weighted by atomic mass is 9.75. The van der Waals surface area contributed by atoms with Crippen LogP contribution < -0.4 is 0 Å². The van der Waals surface area contributed by atoms with Crippen molar-refractivity contribution in [3.8, 4) is 0 Å². The van der Waals surface area contributed by atoms with Crippen LogP contribution in [-0.4, -0.2) is 11.3 Å². The predicted octanol–water partition coefficient (Wildman–Crippen LogP) is 3.63. The van der Waals surface area contributed by atoms with Gasteiger partial charge in [0.1, 0.15) is 0 Å². The molecule has 17 heavy (non-hydrogen) atoms. The summed E-state index contributed by atoms with van der Waals surface area (Å²) in [5.74, 6) is -1.26. The Morgan fingerprint density at radius 2 is 1.59 bits per heavy atom. The summed E-state index contributed by atoms with van der Waals surface area (Å²) in [5.41, 5.74) is -0.358. The highest BCUT2D eigenvalue weighted by Gasteiger charge is 2.45. The fraction of sp³-hybridized carbons (Fsp3) is 0.538. The minimum absolute atomic E-state index is 0.00882.